The quantitative estimate of drug-likeness (QED) is 0.682. The van der Waals surface area contributed by atoms with Crippen molar-refractivity contribution in [3.8, 4) is 0 Å². The first kappa shape index (κ1) is 10.6. The second-order valence-corrected chi connectivity index (χ2v) is 3.65. The maximum atomic E-state index is 13.2. The van der Waals surface area contributed by atoms with Crippen LogP contribution in [0.15, 0.2) is 30.9 Å². The normalized spacial score (nSPS) is 10.7. The Morgan fingerprint density at radius 2 is 2.06 bits per heavy atom. The summed E-state index contributed by atoms with van der Waals surface area (Å²) < 4.78 is 13.2. The van der Waals surface area contributed by atoms with Gasteiger partial charge in [0.05, 0.1) is 6.33 Å². The van der Waals surface area contributed by atoms with Gasteiger partial charge in [0.1, 0.15) is 5.52 Å². The van der Waals surface area contributed by atoms with E-state index in [-0.39, 0.29) is 0 Å². The molecule has 0 saturated heterocycles. The smallest absolute Gasteiger partial charge is 0.312 e. The lowest BCUT2D eigenvalue weighted by atomic mass is 10.3. The van der Waals surface area contributed by atoms with Crippen LogP contribution in [0.2, 0.25) is 0 Å². The molecule has 3 rings (SSSR count). The number of anilines is 1. The Bertz CT molecular complexity index is 666. The second kappa shape index (κ2) is 4.36. The molecule has 90 valence electrons. The van der Waals surface area contributed by atoms with Crippen LogP contribution in [0.25, 0.3) is 11.2 Å². The molecule has 0 aliphatic carbocycles. The molecule has 18 heavy (non-hydrogen) atoms. The first-order chi connectivity index (χ1) is 8.83. The number of aromatic amines is 1. The predicted octanol–water partition coefficient (Wildman–Crippen LogP) is 1.50. The monoisotopic (exact) mass is 244 g/mol. The summed E-state index contributed by atoms with van der Waals surface area (Å²) in [5.41, 5.74) is 1.92. The summed E-state index contributed by atoms with van der Waals surface area (Å²) in [5.74, 6) is 0.395. The Hall–Kier alpha value is -2.57. The van der Waals surface area contributed by atoms with Crippen molar-refractivity contribution in [2.75, 3.05) is 5.32 Å². The van der Waals surface area contributed by atoms with E-state index in [1.807, 2.05) is 12.1 Å². The molecule has 0 aliphatic rings. The lowest BCUT2D eigenvalue weighted by molar-refractivity contribution is 0.545. The summed E-state index contributed by atoms with van der Waals surface area (Å²) in [5, 5.41) is 3.04. The fraction of sp³-hybridized carbons (Fsp3) is 0.0909. The SMILES string of the molecule is Fc1nc(NCc2ccncc2)c2[nH]cnc2n1. The maximum absolute atomic E-state index is 13.2. The molecule has 0 aromatic carbocycles. The van der Waals surface area contributed by atoms with E-state index in [9.17, 15) is 4.39 Å². The Morgan fingerprint density at radius 1 is 1.22 bits per heavy atom. The molecule has 3 heterocycles. The van der Waals surface area contributed by atoms with Crippen LogP contribution in [0.1, 0.15) is 5.56 Å². The van der Waals surface area contributed by atoms with Crippen LogP contribution < -0.4 is 5.32 Å². The highest BCUT2D eigenvalue weighted by Gasteiger charge is 2.09. The van der Waals surface area contributed by atoms with Gasteiger partial charge < -0.3 is 10.3 Å². The van der Waals surface area contributed by atoms with E-state index in [1.165, 1.54) is 6.33 Å². The second-order valence-electron chi connectivity index (χ2n) is 3.65. The third-order valence-electron chi connectivity index (χ3n) is 2.47. The first-order valence-electron chi connectivity index (χ1n) is 5.32. The molecule has 0 amide bonds. The number of fused-ring (bicyclic) bond motifs is 1. The van der Waals surface area contributed by atoms with Crippen molar-refractivity contribution >= 4 is 17.0 Å². The molecule has 7 heteroatoms. The van der Waals surface area contributed by atoms with E-state index in [0.29, 0.717) is 23.5 Å². The summed E-state index contributed by atoms with van der Waals surface area (Å²) in [6.45, 7) is 0.521. The Morgan fingerprint density at radius 3 is 2.89 bits per heavy atom. The molecule has 0 radical (unpaired) electrons. The highest BCUT2D eigenvalue weighted by Crippen LogP contribution is 2.16. The fourth-order valence-electron chi connectivity index (χ4n) is 1.62. The topological polar surface area (TPSA) is 79.4 Å². The molecule has 0 bridgehead atoms. The molecule has 0 aliphatic heterocycles. The minimum absolute atomic E-state index is 0.305. The highest BCUT2D eigenvalue weighted by atomic mass is 19.1. The van der Waals surface area contributed by atoms with Crippen LogP contribution in [0.5, 0.6) is 0 Å². The van der Waals surface area contributed by atoms with Crippen molar-refractivity contribution in [3.63, 3.8) is 0 Å². The van der Waals surface area contributed by atoms with Gasteiger partial charge in [0.15, 0.2) is 11.5 Å². The molecular formula is C11H9FN6. The van der Waals surface area contributed by atoms with Crippen LogP contribution >= 0.6 is 0 Å². The van der Waals surface area contributed by atoms with Crippen LogP contribution in [-0.4, -0.2) is 24.9 Å². The average Bonchev–Trinajstić information content (AvgIpc) is 2.85. The third-order valence-corrected chi connectivity index (χ3v) is 2.47. The van der Waals surface area contributed by atoms with Gasteiger partial charge in [-0.25, -0.2) is 4.98 Å². The Labute approximate surface area is 101 Å². The molecule has 3 aromatic heterocycles. The average molecular weight is 244 g/mol. The van der Waals surface area contributed by atoms with Gasteiger partial charge in [-0.05, 0) is 17.7 Å². The molecule has 0 atom stereocenters. The van der Waals surface area contributed by atoms with Crippen LogP contribution in [0.4, 0.5) is 10.2 Å². The van der Waals surface area contributed by atoms with E-state index in [1.54, 1.807) is 12.4 Å². The van der Waals surface area contributed by atoms with Gasteiger partial charge in [-0.3, -0.25) is 4.98 Å². The lowest BCUT2D eigenvalue weighted by Gasteiger charge is -2.05. The number of nitrogens with zero attached hydrogens (tertiary/aromatic N) is 4. The van der Waals surface area contributed by atoms with Crippen LogP contribution in [-0.2, 0) is 6.54 Å². The van der Waals surface area contributed by atoms with E-state index >= 15 is 0 Å². The van der Waals surface area contributed by atoms with E-state index in [2.05, 4.69) is 30.2 Å². The predicted molar refractivity (Wildman–Crippen MR) is 63.2 cm³/mol. The number of H-pyrrole nitrogens is 1. The minimum atomic E-state index is -0.799. The van der Waals surface area contributed by atoms with Crippen molar-refractivity contribution in [1.29, 1.82) is 0 Å². The van der Waals surface area contributed by atoms with Crippen molar-refractivity contribution in [3.05, 3.63) is 42.5 Å². The molecule has 6 nitrogen and oxygen atoms in total. The lowest BCUT2D eigenvalue weighted by Crippen LogP contribution is -2.04. The van der Waals surface area contributed by atoms with Gasteiger partial charge >= 0.3 is 6.08 Å². The van der Waals surface area contributed by atoms with Gasteiger partial charge in [-0.2, -0.15) is 14.4 Å². The third kappa shape index (κ3) is 1.97. The standard InChI is InChI=1S/C11H9FN6/c12-11-17-9(8-10(18-11)16-6-15-8)14-5-7-1-3-13-4-2-7/h1-4,6H,5H2,(H2,14,15,16,17,18). The number of hydrogen-bond acceptors (Lipinski definition) is 5. The first-order valence-corrected chi connectivity index (χ1v) is 5.32. The van der Waals surface area contributed by atoms with Crippen LogP contribution in [0, 0.1) is 6.08 Å². The van der Waals surface area contributed by atoms with Crippen molar-refractivity contribution in [2.45, 2.75) is 6.54 Å². The fourth-order valence-corrected chi connectivity index (χ4v) is 1.62. The van der Waals surface area contributed by atoms with E-state index < -0.39 is 6.08 Å². The number of halogens is 1. The zero-order valence-corrected chi connectivity index (χ0v) is 9.26. The molecule has 0 saturated carbocycles. The molecule has 0 unspecified atom stereocenters. The van der Waals surface area contributed by atoms with Crippen LogP contribution in [0.3, 0.4) is 0 Å². The zero-order valence-electron chi connectivity index (χ0n) is 9.26. The molecule has 2 N–H and O–H groups in total. The number of hydrogen-bond donors (Lipinski definition) is 2. The highest BCUT2D eigenvalue weighted by molar-refractivity contribution is 5.81. The van der Waals surface area contributed by atoms with Crippen molar-refractivity contribution in [1.82, 2.24) is 24.9 Å². The summed E-state index contributed by atoms with van der Waals surface area (Å²) in [7, 11) is 0. The molecular weight excluding hydrogens is 235 g/mol. The van der Waals surface area contributed by atoms with Gasteiger partial charge in [-0.1, -0.05) is 0 Å². The molecule has 3 aromatic rings. The van der Waals surface area contributed by atoms with Crippen molar-refractivity contribution in [2.24, 2.45) is 0 Å². The summed E-state index contributed by atoms with van der Waals surface area (Å²) in [4.78, 5) is 18.0. The molecule has 0 spiro atoms. The van der Waals surface area contributed by atoms with Gasteiger partial charge in [0.2, 0.25) is 0 Å². The van der Waals surface area contributed by atoms with Crippen molar-refractivity contribution < 1.29 is 4.39 Å². The summed E-state index contributed by atoms with van der Waals surface area (Å²) >= 11 is 0. The number of pyridine rings is 1. The number of aromatic nitrogens is 5. The summed E-state index contributed by atoms with van der Waals surface area (Å²) in [6, 6.07) is 3.74. The minimum Gasteiger partial charge on any atom is -0.364 e. The Balaban J connectivity index is 1.88. The van der Waals surface area contributed by atoms with E-state index in [4.69, 9.17) is 0 Å². The number of imidazole rings is 1. The van der Waals surface area contributed by atoms with Gasteiger partial charge in [0.25, 0.3) is 0 Å². The van der Waals surface area contributed by atoms with E-state index in [0.717, 1.165) is 5.56 Å². The van der Waals surface area contributed by atoms with Gasteiger partial charge in [-0.15, -0.1) is 0 Å². The molecule has 0 fully saturated rings. The van der Waals surface area contributed by atoms with Gasteiger partial charge in [0, 0.05) is 18.9 Å². The zero-order chi connectivity index (χ0) is 12.4. The number of rotatable bonds is 3. The maximum Gasteiger partial charge on any atom is 0.312 e. The Kier molecular flexibility index (Phi) is 2.56. The largest absolute Gasteiger partial charge is 0.364 e. The summed E-state index contributed by atoms with van der Waals surface area (Å²) in [6.07, 6.45) is 4.05. The number of nitrogens with one attached hydrogen (secondary N) is 2.